The standard InChI is InChI=1S/C18H16N4O2/c1-12-6-7-16-20-13(9-21(16)8-12)10-22-11-19-17-14(18(22)23)4-3-5-15(17)24-2/h3-9,11H,10H2,1-2H3. The Balaban J connectivity index is 1.78. The molecule has 0 amide bonds. The number of pyridine rings is 1. The second-order valence-corrected chi connectivity index (χ2v) is 5.74. The number of rotatable bonds is 3. The number of aromatic nitrogens is 4. The van der Waals surface area contributed by atoms with Gasteiger partial charge in [-0.15, -0.1) is 0 Å². The van der Waals surface area contributed by atoms with Crippen molar-refractivity contribution in [2.24, 2.45) is 0 Å². The van der Waals surface area contributed by atoms with Crippen LogP contribution in [-0.2, 0) is 6.54 Å². The molecule has 6 nitrogen and oxygen atoms in total. The molecule has 0 radical (unpaired) electrons. The van der Waals surface area contributed by atoms with Crippen LogP contribution in [0.1, 0.15) is 11.3 Å². The molecule has 0 saturated heterocycles. The van der Waals surface area contributed by atoms with Crippen LogP contribution >= 0.6 is 0 Å². The maximum atomic E-state index is 12.7. The molecule has 3 heterocycles. The van der Waals surface area contributed by atoms with E-state index in [0.29, 0.717) is 23.2 Å². The summed E-state index contributed by atoms with van der Waals surface area (Å²) in [4.78, 5) is 21.6. The summed E-state index contributed by atoms with van der Waals surface area (Å²) in [5, 5.41) is 0.538. The number of imidazole rings is 1. The Hall–Kier alpha value is -3.15. The minimum atomic E-state index is -0.105. The molecule has 0 fully saturated rings. The largest absolute Gasteiger partial charge is 0.494 e. The Morgan fingerprint density at radius 2 is 2.04 bits per heavy atom. The lowest BCUT2D eigenvalue weighted by atomic mass is 10.2. The van der Waals surface area contributed by atoms with Crippen LogP contribution < -0.4 is 10.3 Å². The predicted molar refractivity (Wildman–Crippen MR) is 91.6 cm³/mol. The highest BCUT2D eigenvalue weighted by atomic mass is 16.5. The summed E-state index contributed by atoms with van der Waals surface area (Å²) in [5.41, 5.74) is 3.30. The molecule has 1 aromatic carbocycles. The molecule has 0 aliphatic carbocycles. The number of nitrogens with zero attached hydrogens (tertiary/aromatic N) is 4. The average molecular weight is 320 g/mol. The molecule has 24 heavy (non-hydrogen) atoms. The summed E-state index contributed by atoms with van der Waals surface area (Å²) in [5.74, 6) is 0.597. The fraction of sp³-hybridized carbons (Fsp3) is 0.167. The molecule has 4 rings (SSSR count). The molecule has 0 N–H and O–H groups in total. The zero-order chi connectivity index (χ0) is 16.7. The molecule has 0 aliphatic rings. The zero-order valence-electron chi connectivity index (χ0n) is 13.4. The van der Waals surface area contributed by atoms with E-state index in [1.807, 2.05) is 35.9 Å². The van der Waals surface area contributed by atoms with E-state index in [4.69, 9.17) is 4.74 Å². The first-order chi connectivity index (χ1) is 11.7. The smallest absolute Gasteiger partial charge is 0.261 e. The van der Waals surface area contributed by atoms with Crippen molar-refractivity contribution in [3.8, 4) is 5.75 Å². The van der Waals surface area contributed by atoms with Crippen LogP contribution in [0.3, 0.4) is 0 Å². The summed E-state index contributed by atoms with van der Waals surface area (Å²) in [6.45, 7) is 2.41. The van der Waals surface area contributed by atoms with E-state index in [2.05, 4.69) is 9.97 Å². The van der Waals surface area contributed by atoms with E-state index in [1.54, 1.807) is 36.2 Å². The topological polar surface area (TPSA) is 61.4 Å². The fourth-order valence-electron chi connectivity index (χ4n) is 2.85. The second-order valence-electron chi connectivity index (χ2n) is 5.74. The normalized spacial score (nSPS) is 11.2. The molecule has 0 unspecified atom stereocenters. The Morgan fingerprint density at radius 3 is 2.88 bits per heavy atom. The van der Waals surface area contributed by atoms with Crippen molar-refractivity contribution < 1.29 is 4.74 Å². The molecule has 0 bridgehead atoms. The first kappa shape index (κ1) is 14.4. The third-order valence-electron chi connectivity index (χ3n) is 4.02. The Morgan fingerprint density at radius 1 is 1.17 bits per heavy atom. The summed E-state index contributed by atoms with van der Waals surface area (Å²) < 4.78 is 8.80. The lowest BCUT2D eigenvalue weighted by molar-refractivity contribution is 0.418. The van der Waals surface area contributed by atoms with Gasteiger partial charge in [-0.2, -0.15) is 0 Å². The second kappa shape index (κ2) is 5.49. The molecular formula is C18H16N4O2. The van der Waals surface area contributed by atoms with E-state index in [9.17, 15) is 4.79 Å². The van der Waals surface area contributed by atoms with Gasteiger partial charge in [0.1, 0.15) is 16.9 Å². The summed E-state index contributed by atoms with van der Waals surface area (Å²) in [6.07, 6.45) is 5.49. The Bertz CT molecular complexity index is 1110. The van der Waals surface area contributed by atoms with E-state index in [0.717, 1.165) is 16.9 Å². The van der Waals surface area contributed by atoms with Gasteiger partial charge in [0.2, 0.25) is 0 Å². The van der Waals surface area contributed by atoms with Gasteiger partial charge in [0.25, 0.3) is 5.56 Å². The van der Waals surface area contributed by atoms with Gasteiger partial charge in [-0.3, -0.25) is 9.36 Å². The molecular weight excluding hydrogens is 304 g/mol. The molecule has 0 aliphatic heterocycles. The highest BCUT2D eigenvalue weighted by Crippen LogP contribution is 2.20. The first-order valence-electron chi connectivity index (χ1n) is 7.62. The van der Waals surface area contributed by atoms with Crippen molar-refractivity contribution in [3.63, 3.8) is 0 Å². The SMILES string of the molecule is COc1cccc2c(=O)n(Cc3cn4cc(C)ccc4n3)cnc12. The summed E-state index contributed by atoms with van der Waals surface area (Å²) in [7, 11) is 1.57. The number of fused-ring (bicyclic) bond motifs is 2. The number of ether oxygens (including phenoxy) is 1. The van der Waals surface area contributed by atoms with E-state index in [1.165, 1.54) is 0 Å². The molecule has 0 spiro atoms. The van der Waals surface area contributed by atoms with E-state index in [-0.39, 0.29) is 5.56 Å². The van der Waals surface area contributed by atoms with Crippen LogP contribution in [0.4, 0.5) is 0 Å². The highest BCUT2D eigenvalue weighted by molar-refractivity contribution is 5.83. The molecule has 0 atom stereocenters. The van der Waals surface area contributed by atoms with Crippen LogP contribution in [0.25, 0.3) is 16.6 Å². The zero-order valence-corrected chi connectivity index (χ0v) is 13.4. The van der Waals surface area contributed by atoms with Gasteiger partial charge in [0, 0.05) is 12.4 Å². The molecule has 6 heteroatoms. The van der Waals surface area contributed by atoms with Gasteiger partial charge in [-0.25, -0.2) is 9.97 Å². The van der Waals surface area contributed by atoms with Crippen LogP contribution in [0.15, 0.2) is 53.8 Å². The van der Waals surface area contributed by atoms with Crippen molar-refractivity contribution in [2.45, 2.75) is 13.5 Å². The van der Waals surface area contributed by atoms with Crippen molar-refractivity contribution in [3.05, 3.63) is 70.7 Å². The van der Waals surface area contributed by atoms with Gasteiger partial charge in [-0.05, 0) is 30.7 Å². The quantitative estimate of drug-likeness (QED) is 0.581. The fourth-order valence-corrected chi connectivity index (χ4v) is 2.85. The molecule has 120 valence electrons. The van der Waals surface area contributed by atoms with E-state index >= 15 is 0 Å². The van der Waals surface area contributed by atoms with Gasteiger partial charge < -0.3 is 9.14 Å². The Kier molecular flexibility index (Phi) is 3.30. The van der Waals surface area contributed by atoms with Crippen molar-refractivity contribution >= 4 is 16.6 Å². The maximum absolute atomic E-state index is 12.7. The number of aryl methyl sites for hydroxylation is 1. The van der Waals surface area contributed by atoms with Gasteiger partial charge >= 0.3 is 0 Å². The lowest BCUT2D eigenvalue weighted by Gasteiger charge is -2.07. The predicted octanol–water partition coefficient (Wildman–Crippen LogP) is 2.41. The lowest BCUT2D eigenvalue weighted by Crippen LogP contribution is -2.21. The monoisotopic (exact) mass is 320 g/mol. The third-order valence-corrected chi connectivity index (χ3v) is 4.02. The van der Waals surface area contributed by atoms with Gasteiger partial charge in [0.05, 0.1) is 31.1 Å². The summed E-state index contributed by atoms with van der Waals surface area (Å²) in [6, 6.07) is 9.33. The number of benzene rings is 1. The molecule has 0 saturated carbocycles. The maximum Gasteiger partial charge on any atom is 0.261 e. The number of hydrogen-bond donors (Lipinski definition) is 0. The molecule has 3 aromatic heterocycles. The van der Waals surface area contributed by atoms with Crippen molar-refractivity contribution in [2.75, 3.05) is 7.11 Å². The highest BCUT2D eigenvalue weighted by Gasteiger charge is 2.10. The van der Waals surface area contributed by atoms with E-state index < -0.39 is 0 Å². The molecule has 4 aromatic rings. The first-order valence-corrected chi connectivity index (χ1v) is 7.62. The number of methoxy groups -OCH3 is 1. The van der Waals surface area contributed by atoms with Crippen molar-refractivity contribution in [1.82, 2.24) is 18.9 Å². The van der Waals surface area contributed by atoms with Crippen molar-refractivity contribution in [1.29, 1.82) is 0 Å². The third kappa shape index (κ3) is 2.32. The minimum Gasteiger partial charge on any atom is -0.494 e. The van der Waals surface area contributed by atoms with Gasteiger partial charge in [0.15, 0.2) is 0 Å². The minimum absolute atomic E-state index is 0.105. The number of hydrogen-bond acceptors (Lipinski definition) is 4. The average Bonchev–Trinajstić information content (AvgIpc) is 2.98. The van der Waals surface area contributed by atoms with Crippen LogP contribution in [0.5, 0.6) is 5.75 Å². The van der Waals surface area contributed by atoms with Gasteiger partial charge in [-0.1, -0.05) is 12.1 Å². The Labute approximate surface area is 138 Å². The van der Waals surface area contributed by atoms with Crippen LogP contribution in [-0.4, -0.2) is 26.0 Å². The van der Waals surface area contributed by atoms with Crippen LogP contribution in [0.2, 0.25) is 0 Å². The van der Waals surface area contributed by atoms with Crippen LogP contribution in [0, 0.1) is 6.92 Å². The summed E-state index contributed by atoms with van der Waals surface area (Å²) >= 11 is 0. The number of para-hydroxylation sites is 1.